The third-order valence-electron chi connectivity index (χ3n) is 5.43. The van der Waals surface area contributed by atoms with Gasteiger partial charge in [-0.1, -0.05) is 43.2 Å². The second-order valence-corrected chi connectivity index (χ2v) is 10.6. The summed E-state index contributed by atoms with van der Waals surface area (Å²) in [6.45, 7) is 14.4. The lowest BCUT2D eigenvalue weighted by molar-refractivity contribution is -0.145. The first-order valence-corrected chi connectivity index (χ1v) is 12.3. The van der Waals surface area contributed by atoms with Gasteiger partial charge in [0.2, 0.25) is 11.8 Å². The number of rotatable bonds is 11. The Bertz CT molecular complexity index is 902. The Labute approximate surface area is 215 Å². The number of nitrogens with one attached hydrogen (secondary N) is 2. The Morgan fingerprint density at radius 3 is 2.00 bits per heavy atom. The third-order valence-corrected chi connectivity index (χ3v) is 5.43. The number of carbonyl (C=O) groups excluding carboxylic acids is 4. The molecule has 9 nitrogen and oxygen atoms in total. The summed E-state index contributed by atoms with van der Waals surface area (Å²) >= 11 is 0. The Morgan fingerprint density at radius 2 is 1.50 bits per heavy atom. The number of carbonyl (C=O) groups is 4. The predicted molar refractivity (Wildman–Crippen MR) is 138 cm³/mol. The van der Waals surface area contributed by atoms with E-state index in [1.807, 2.05) is 39.0 Å². The van der Waals surface area contributed by atoms with E-state index >= 15 is 0 Å². The molecule has 0 spiro atoms. The highest BCUT2D eigenvalue weighted by Gasteiger charge is 2.35. The minimum atomic E-state index is -1.01. The molecule has 0 bridgehead atoms. The zero-order chi connectivity index (χ0) is 27.6. The molecule has 2 unspecified atom stereocenters. The van der Waals surface area contributed by atoms with Gasteiger partial charge in [-0.15, -0.1) is 0 Å². The number of methoxy groups -OCH3 is 1. The third kappa shape index (κ3) is 10.7. The summed E-state index contributed by atoms with van der Waals surface area (Å²) in [6, 6.07) is 4.35. The average molecular weight is 506 g/mol. The van der Waals surface area contributed by atoms with E-state index in [0.29, 0.717) is 17.9 Å². The zero-order valence-electron chi connectivity index (χ0n) is 23.2. The molecule has 0 heterocycles. The molecule has 0 fully saturated rings. The van der Waals surface area contributed by atoms with E-state index in [4.69, 9.17) is 4.74 Å². The van der Waals surface area contributed by atoms with Gasteiger partial charge in [-0.25, -0.2) is 4.79 Å². The lowest BCUT2D eigenvalue weighted by Gasteiger charge is -2.37. The van der Waals surface area contributed by atoms with E-state index in [1.165, 1.54) is 12.0 Å². The number of amides is 3. The molecule has 1 aromatic carbocycles. The lowest BCUT2D eigenvalue weighted by Crippen LogP contribution is -2.51. The van der Waals surface area contributed by atoms with Crippen molar-refractivity contribution in [2.75, 3.05) is 20.2 Å². The molecule has 0 aromatic heterocycles. The largest absolute Gasteiger partial charge is 0.468 e. The highest BCUT2D eigenvalue weighted by molar-refractivity contribution is 5.92. The maximum atomic E-state index is 13.6. The highest BCUT2D eigenvalue weighted by Crippen LogP contribution is 2.28. The number of ether oxygens (including phenoxy) is 2. The van der Waals surface area contributed by atoms with Crippen LogP contribution in [0.25, 0.3) is 0 Å². The number of esters is 1. The van der Waals surface area contributed by atoms with Gasteiger partial charge in [0, 0.05) is 6.04 Å². The first kappa shape index (κ1) is 30.9. The Hall–Kier alpha value is -3.10. The van der Waals surface area contributed by atoms with Crippen LogP contribution in [-0.4, -0.2) is 60.6 Å². The smallest absolute Gasteiger partial charge is 0.408 e. The second-order valence-electron chi connectivity index (χ2n) is 10.6. The molecule has 1 rings (SSSR count). The molecule has 36 heavy (non-hydrogen) atoms. The van der Waals surface area contributed by atoms with Crippen LogP contribution in [0.2, 0.25) is 0 Å². The van der Waals surface area contributed by atoms with Gasteiger partial charge in [0.1, 0.15) is 24.7 Å². The fourth-order valence-electron chi connectivity index (χ4n) is 3.85. The second kappa shape index (κ2) is 13.8. The van der Waals surface area contributed by atoms with Gasteiger partial charge in [0.05, 0.1) is 7.11 Å². The highest BCUT2D eigenvalue weighted by atomic mass is 16.6. The summed E-state index contributed by atoms with van der Waals surface area (Å²) in [5, 5.41) is 5.11. The van der Waals surface area contributed by atoms with Gasteiger partial charge in [0.25, 0.3) is 0 Å². The van der Waals surface area contributed by atoms with Gasteiger partial charge in [-0.2, -0.15) is 0 Å². The molecule has 3 amide bonds. The zero-order valence-corrected chi connectivity index (χ0v) is 23.2. The molecule has 0 aliphatic carbocycles. The normalized spacial score (nSPS) is 12.9. The van der Waals surface area contributed by atoms with Crippen molar-refractivity contribution in [1.29, 1.82) is 0 Å². The fraction of sp³-hybridized carbons (Fsp3) is 0.630. The molecule has 0 aliphatic heterocycles. The SMILES string of the molecule is COC(=O)CNC(=O)C(c1cc(C)cc(C)c1)N(C(=O)CNC(=O)OC(C)(C)C)C(C)CCC(C)C. The maximum Gasteiger partial charge on any atom is 0.408 e. The summed E-state index contributed by atoms with van der Waals surface area (Å²) in [4.78, 5) is 52.5. The number of hydrogen-bond donors (Lipinski definition) is 2. The fourth-order valence-corrected chi connectivity index (χ4v) is 3.85. The summed E-state index contributed by atoms with van der Waals surface area (Å²) in [5.41, 5.74) is 1.78. The molecular formula is C27H43N3O6. The van der Waals surface area contributed by atoms with E-state index in [2.05, 4.69) is 29.2 Å². The van der Waals surface area contributed by atoms with Crippen LogP contribution in [0.5, 0.6) is 0 Å². The van der Waals surface area contributed by atoms with Crippen LogP contribution in [0.1, 0.15) is 77.1 Å². The van der Waals surface area contributed by atoms with Crippen molar-refractivity contribution in [2.45, 2.75) is 85.9 Å². The Morgan fingerprint density at radius 1 is 0.917 bits per heavy atom. The van der Waals surface area contributed by atoms with Gasteiger partial charge >= 0.3 is 12.1 Å². The number of alkyl carbamates (subject to hydrolysis) is 1. The van der Waals surface area contributed by atoms with Crippen LogP contribution >= 0.6 is 0 Å². The van der Waals surface area contributed by atoms with Crippen molar-refractivity contribution in [3.63, 3.8) is 0 Å². The molecule has 202 valence electrons. The van der Waals surface area contributed by atoms with Crippen molar-refractivity contribution >= 4 is 23.9 Å². The molecule has 0 saturated heterocycles. The van der Waals surface area contributed by atoms with Crippen LogP contribution in [0, 0.1) is 19.8 Å². The quantitative estimate of drug-likeness (QED) is 0.442. The number of aryl methyl sites for hydroxylation is 2. The molecule has 0 saturated carbocycles. The van der Waals surface area contributed by atoms with Crippen molar-refractivity contribution < 1.29 is 28.7 Å². The first-order valence-electron chi connectivity index (χ1n) is 12.3. The van der Waals surface area contributed by atoms with Crippen LogP contribution in [0.4, 0.5) is 4.79 Å². The lowest BCUT2D eigenvalue weighted by atomic mass is 9.96. The Balaban J connectivity index is 3.41. The van der Waals surface area contributed by atoms with Gasteiger partial charge in [-0.05, 0) is 65.9 Å². The topological polar surface area (TPSA) is 114 Å². The van der Waals surface area contributed by atoms with Crippen LogP contribution in [0.3, 0.4) is 0 Å². The molecule has 0 radical (unpaired) electrons. The van der Waals surface area contributed by atoms with Crippen molar-refractivity contribution in [3.05, 3.63) is 34.9 Å². The first-order chi connectivity index (χ1) is 16.6. The minimum absolute atomic E-state index is 0.324. The monoisotopic (exact) mass is 505 g/mol. The van der Waals surface area contributed by atoms with Crippen LogP contribution in [-0.2, 0) is 23.9 Å². The maximum absolute atomic E-state index is 13.6. The van der Waals surface area contributed by atoms with Crippen molar-refractivity contribution in [2.24, 2.45) is 5.92 Å². The van der Waals surface area contributed by atoms with Crippen molar-refractivity contribution in [3.8, 4) is 0 Å². The van der Waals surface area contributed by atoms with E-state index in [1.54, 1.807) is 20.8 Å². The summed E-state index contributed by atoms with van der Waals surface area (Å²) in [6.07, 6.45) is 0.776. The van der Waals surface area contributed by atoms with E-state index in [0.717, 1.165) is 17.5 Å². The van der Waals surface area contributed by atoms with E-state index in [9.17, 15) is 19.2 Å². The minimum Gasteiger partial charge on any atom is -0.468 e. The standard InChI is InChI=1S/C27H43N3O6/c1-17(2)10-11-20(5)30(22(31)15-29-26(34)36-27(6,7)8)24(25(33)28-16-23(32)35-9)21-13-18(3)12-19(4)14-21/h12-14,17,20,24H,10-11,15-16H2,1-9H3,(H,28,33)(H,29,34). The molecular weight excluding hydrogens is 462 g/mol. The number of hydrogen-bond acceptors (Lipinski definition) is 6. The average Bonchev–Trinajstić information content (AvgIpc) is 2.75. The molecule has 2 atom stereocenters. The molecule has 0 aliphatic rings. The van der Waals surface area contributed by atoms with E-state index < -0.39 is 35.5 Å². The number of benzene rings is 1. The molecule has 2 N–H and O–H groups in total. The van der Waals surface area contributed by atoms with Crippen molar-refractivity contribution in [1.82, 2.24) is 15.5 Å². The van der Waals surface area contributed by atoms with Gasteiger partial charge < -0.3 is 25.0 Å². The summed E-state index contributed by atoms with van der Waals surface area (Å²) in [7, 11) is 1.24. The molecule has 9 heteroatoms. The summed E-state index contributed by atoms with van der Waals surface area (Å²) < 4.78 is 9.91. The van der Waals surface area contributed by atoms with Gasteiger partial charge in [-0.3, -0.25) is 14.4 Å². The number of nitrogens with zero attached hydrogens (tertiary/aromatic N) is 1. The van der Waals surface area contributed by atoms with Crippen LogP contribution in [0.15, 0.2) is 18.2 Å². The summed E-state index contributed by atoms with van der Waals surface area (Å²) in [5.74, 6) is -1.14. The van der Waals surface area contributed by atoms with Crippen LogP contribution < -0.4 is 10.6 Å². The van der Waals surface area contributed by atoms with Gasteiger partial charge in [0.15, 0.2) is 0 Å². The Kier molecular flexibility index (Phi) is 11.9. The molecule has 1 aromatic rings. The van der Waals surface area contributed by atoms with E-state index in [-0.39, 0.29) is 19.1 Å². The predicted octanol–water partition coefficient (Wildman–Crippen LogP) is 3.81.